The minimum atomic E-state index is -1.04. The summed E-state index contributed by atoms with van der Waals surface area (Å²) in [5.41, 5.74) is 1.32. The Labute approximate surface area is 147 Å². The average molecular weight is 293 g/mol. The zero-order valence-corrected chi connectivity index (χ0v) is 13.8. The first-order chi connectivity index (χ1) is 9.66. The molecule has 0 spiro atoms. The van der Waals surface area contributed by atoms with Crippen LogP contribution in [0.5, 0.6) is 0 Å². The van der Waals surface area contributed by atoms with Gasteiger partial charge in [-0.2, -0.15) is 0 Å². The number of carbonyl (C=O) groups excluding carboxylic acids is 1. The SMILES string of the molecule is O=C(N[C@@H](Cc1ccccc1)C(=O)O)c1ccccc1.[H-].[Na+]. The fourth-order valence-corrected chi connectivity index (χ4v) is 1.88. The van der Waals surface area contributed by atoms with Crippen LogP contribution >= 0.6 is 0 Å². The monoisotopic (exact) mass is 293 g/mol. The molecular formula is C16H16NNaO3. The van der Waals surface area contributed by atoms with Gasteiger partial charge in [-0.05, 0) is 17.7 Å². The van der Waals surface area contributed by atoms with E-state index in [1.807, 2.05) is 30.3 Å². The smallest absolute Gasteiger partial charge is 1.00 e. The first kappa shape index (κ1) is 17.4. The fraction of sp³-hybridized carbons (Fsp3) is 0.125. The van der Waals surface area contributed by atoms with Crippen molar-refractivity contribution in [3.05, 3.63) is 71.8 Å². The van der Waals surface area contributed by atoms with Crippen LogP contribution in [0.3, 0.4) is 0 Å². The molecule has 2 aromatic rings. The standard InChI is InChI=1S/C16H15NO3.Na.H/c18-15(13-9-5-2-6-10-13)17-14(16(19)20)11-12-7-3-1-4-8-12;;/h1-10,14H,11H2,(H,17,18)(H,19,20);;/q;+1;-1/t14-;;/m0../s1. The second-order valence-electron chi connectivity index (χ2n) is 4.42. The van der Waals surface area contributed by atoms with E-state index in [0.29, 0.717) is 5.56 Å². The van der Waals surface area contributed by atoms with E-state index in [-0.39, 0.29) is 43.3 Å². The van der Waals surface area contributed by atoms with Crippen LogP contribution in [-0.2, 0) is 11.2 Å². The maximum absolute atomic E-state index is 12.0. The molecule has 0 bridgehead atoms. The van der Waals surface area contributed by atoms with Gasteiger partial charge in [-0.1, -0.05) is 48.5 Å². The van der Waals surface area contributed by atoms with Gasteiger partial charge >= 0.3 is 35.5 Å². The van der Waals surface area contributed by atoms with Gasteiger partial charge in [-0.15, -0.1) is 0 Å². The van der Waals surface area contributed by atoms with Crippen LogP contribution in [0.25, 0.3) is 0 Å². The van der Waals surface area contributed by atoms with E-state index >= 15 is 0 Å². The molecule has 4 nitrogen and oxygen atoms in total. The molecule has 2 N–H and O–H groups in total. The number of amides is 1. The molecule has 0 aromatic heterocycles. The Bertz CT molecular complexity index is 593. The molecular weight excluding hydrogens is 277 g/mol. The number of aliphatic carboxylic acids is 1. The number of hydrogen-bond acceptors (Lipinski definition) is 2. The summed E-state index contributed by atoms with van der Waals surface area (Å²) in [5, 5.41) is 11.8. The molecule has 1 amide bonds. The molecule has 104 valence electrons. The van der Waals surface area contributed by atoms with Crippen molar-refractivity contribution in [2.75, 3.05) is 0 Å². The Morgan fingerprint density at radius 2 is 1.52 bits per heavy atom. The molecule has 0 aliphatic heterocycles. The van der Waals surface area contributed by atoms with Gasteiger partial charge < -0.3 is 11.8 Å². The maximum Gasteiger partial charge on any atom is 1.00 e. The normalized spacial score (nSPS) is 11.0. The van der Waals surface area contributed by atoms with E-state index in [9.17, 15) is 14.7 Å². The summed E-state index contributed by atoms with van der Waals surface area (Å²) >= 11 is 0. The number of benzene rings is 2. The summed E-state index contributed by atoms with van der Waals surface area (Å²) in [6.07, 6.45) is 0.259. The van der Waals surface area contributed by atoms with Crippen LogP contribution in [0, 0.1) is 0 Å². The first-order valence-corrected chi connectivity index (χ1v) is 6.29. The molecule has 0 aliphatic rings. The summed E-state index contributed by atoms with van der Waals surface area (Å²) in [5.74, 6) is -1.42. The topological polar surface area (TPSA) is 66.4 Å². The molecule has 0 heterocycles. The summed E-state index contributed by atoms with van der Waals surface area (Å²) in [4.78, 5) is 23.2. The van der Waals surface area contributed by atoms with Gasteiger partial charge in [0, 0.05) is 12.0 Å². The van der Waals surface area contributed by atoms with Crippen molar-refractivity contribution in [1.29, 1.82) is 0 Å². The summed E-state index contributed by atoms with van der Waals surface area (Å²) < 4.78 is 0. The molecule has 1 atom stereocenters. The van der Waals surface area contributed by atoms with Crippen molar-refractivity contribution in [2.45, 2.75) is 12.5 Å². The van der Waals surface area contributed by atoms with Gasteiger partial charge in [0.2, 0.25) is 0 Å². The quantitative estimate of drug-likeness (QED) is 0.711. The van der Waals surface area contributed by atoms with Gasteiger partial charge in [-0.25, -0.2) is 4.79 Å². The van der Waals surface area contributed by atoms with E-state index in [1.54, 1.807) is 30.3 Å². The summed E-state index contributed by atoms with van der Waals surface area (Å²) in [7, 11) is 0. The van der Waals surface area contributed by atoms with E-state index in [2.05, 4.69) is 5.32 Å². The van der Waals surface area contributed by atoms with Crippen molar-refractivity contribution in [3.63, 3.8) is 0 Å². The van der Waals surface area contributed by atoms with Gasteiger partial charge in [0.1, 0.15) is 6.04 Å². The third kappa shape index (κ3) is 5.34. The average Bonchev–Trinajstić information content (AvgIpc) is 2.48. The van der Waals surface area contributed by atoms with Gasteiger partial charge in [-0.3, -0.25) is 4.79 Å². The molecule has 2 rings (SSSR count). The molecule has 0 saturated heterocycles. The molecule has 5 heteroatoms. The zero-order valence-electron chi connectivity index (χ0n) is 12.8. The zero-order chi connectivity index (χ0) is 14.4. The maximum atomic E-state index is 12.0. The van der Waals surface area contributed by atoms with Crippen LogP contribution in [0.1, 0.15) is 17.3 Å². The number of carboxylic acids is 1. The Morgan fingerprint density at radius 3 is 2.05 bits per heavy atom. The molecule has 0 aliphatic carbocycles. The Balaban J connectivity index is 0.00000220. The summed E-state index contributed by atoms with van der Waals surface area (Å²) in [6, 6.07) is 16.9. The van der Waals surface area contributed by atoms with E-state index in [1.165, 1.54) is 0 Å². The Hall–Kier alpha value is -1.62. The van der Waals surface area contributed by atoms with Gasteiger partial charge in [0.25, 0.3) is 5.91 Å². The van der Waals surface area contributed by atoms with Crippen molar-refractivity contribution >= 4 is 11.9 Å². The van der Waals surface area contributed by atoms with Crippen LogP contribution < -0.4 is 34.9 Å². The van der Waals surface area contributed by atoms with E-state index in [0.717, 1.165) is 5.56 Å². The van der Waals surface area contributed by atoms with E-state index in [4.69, 9.17) is 0 Å². The largest absolute Gasteiger partial charge is 1.00 e. The number of carboxylic acid groups (broad SMARTS) is 1. The molecule has 0 unspecified atom stereocenters. The number of carbonyl (C=O) groups is 2. The van der Waals surface area contributed by atoms with Crippen LogP contribution in [0.4, 0.5) is 0 Å². The first-order valence-electron chi connectivity index (χ1n) is 6.29. The minimum absolute atomic E-state index is 0. The second-order valence-corrected chi connectivity index (χ2v) is 4.42. The van der Waals surface area contributed by atoms with Crippen LogP contribution in [0.2, 0.25) is 0 Å². The Kier molecular flexibility index (Phi) is 7.15. The van der Waals surface area contributed by atoms with Crippen LogP contribution in [0.15, 0.2) is 60.7 Å². The molecule has 0 fully saturated rings. The Morgan fingerprint density at radius 1 is 1.00 bits per heavy atom. The van der Waals surface area contributed by atoms with Crippen molar-refractivity contribution in [1.82, 2.24) is 5.32 Å². The number of nitrogens with one attached hydrogen (secondary N) is 1. The van der Waals surface area contributed by atoms with Gasteiger partial charge in [0.05, 0.1) is 0 Å². The molecule has 21 heavy (non-hydrogen) atoms. The molecule has 0 saturated carbocycles. The fourth-order valence-electron chi connectivity index (χ4n) is 1.88. The predicted molar refractivity (Wildman–Crippen MR) is 76.6 cm³/mol. The predicted octanol–water partition coefficient (Wildman–Crippen LogP) is -0.771. The van der Waals surface area contributed by atoms with Crippen molar-refractivity contribution in [3.8, 4) is 0 Å². The van der Waals surface area contributed by atoms with Crippen molar-refractivity contribution < 1.29 is 45.7 Å². The van der Waals surface area contributed by atoms with E-state index < -0.39 is 12.0 Å². The summed E-state index contributed by atoms with van der Waals surface area (Å²) in [6.45, 7) is 0. The molecule has 0 radical (unpaired) electrons. The minimum Gasteiger partial charge on any atom is -1.00 e. The third-order valence-corrected chi connectivity index (χ3v) is 2.92. The number of hydrogen-bond donors (Lipinski definition) is 2. The third-order valence-electron chi connectivity index (χ3n) is 2.92. The van der Waals surface area contributed by atoms with Crippen LogP contribution in [-0.4, -0.2) is 23.0 Å². The second kappa shape index (κ2) is 8.62. The van der Waals surface area contributed by atoms with Gasteiger partial charge in [0.15, 0.2) is 0 Å². The van der Waals surface area contributed by atoms with Crippen molar-refractivity contribution in [2.24, 2.45) is 0 Å². The number of rotatable bonds is 5. The molecule has 2 aromatic carbocycles.